The van der Waals surface area contributed by atoms with Gasteiger partial charge in [-0.2, -0.15) is 30.7 Å². The van der Waals surface area contributed by atoms with E-state index in [9.17, 15) is 0 Å². The van der Waals surface area contributed by atoms with Crippen molar-refractivity contribution in [2.45, 2.75) is 25.7 Å². The first-order chi connectivity index (χ1) is 7.39. The molecule has 1 aromatic carbocycles. The van der Waals surface area contributed by atoms with Crippen molar-refractivity contribution in [3.63, 3.8) is 0 Å². The molecule has 0 aliphatic heterocycles. The van der Waals surface area contributed by atoms with Gasteiger partial charge in [-0.15, -0.1) is 18.6 Å². The molecule has 0 spiro atoms. The molecule has 0 unspecified atom stereocenters. The van der Waals surface area contributed by atoms with E-state index in [-0.39, 0.29) is 21.1 Å². The number of benzene rings is 1. The third kappa shape index (κ3) is 8.56. The zero-order valence-electron chi connectivity index (χ0n) is 9.47. The summed E-state index contributed by atoms with van der Waals surface area (Å²) in [5, 5.41) is 0. The fourth-order valence-electron chi connectivity index (χ4n) is 1.28. The maximum absolute atomic E-state index is 3.72. The van der Waals surface area contributed by atoms with E-state index in [0.29, 0.717) is 0 Å². The number of allylic oxidation sites excluding steroid dienone is 4. The average Bonchev–Trinajstić information content (AvgIpc) is 2.18. The molecule has 0 saturated heterocycles. The summed E-state index contributed by atoms with van der Waals surface area (Å²) in [6.07, 6.45) is 14.5. The van der Waals surface area contributed by atoms with E-state index in [0.717, 1.165) is 12.0 Å². The maximum atomic E-state index is 3.72. The Morgan fingerprint density at radius 3 is 2.44 bits per heavy atom. The van der Waals surface area contributed by atoms with Gasteiger partial charge in [-0.25, -0.2) is 12.2 Å². The zero-order chi connectivity index (χ0) is 10.8. The van der Waals surface area contributed by atoms with Crippen LogP contribution >= 0.6 is 0 Å². The standard InChI is InChI=1S/C8H11.C7H7.Pt/c1-2-4-6-8-7-5-3-1;1-7-5-3-2-4-6-7;/h1-3H,4,6-8H2;2-6H,1H2;/q2*-1;+2. The van der Waals surface area contributed by atoms with Crippen LogP contribution in [-0.4, -0.2) is 0 Å². The Bertz CT molecular complexity index is 284. The van der Waals surface area contributed by atoms with E-state index in [1.807, 2.05) is 36.4 Å². The molecule has 1 heteroatoms. The van der Waals surface area contributed by atoms with Crippen LogP contribution in [0.2, 0.25) is 0 Å². The minimum absolute atomic E-state index is 0. The van der Waals surface area contributed by atoms with Crippen molar-refractivity contribution in [2.24, 2.45) is 0 Å². The molecule has 88 valence electrons. The van der Waals surface area contributed by atoms with E-state index >= 15 is 0 Å². The first kappa shape index (κ1) is 15.3. The predicted molar refractivity (Wildman–Crippen MR) is 66.3 cm³/mol. The second kappa shape index (κ2) is 10.8. The molecule has 1 aliphatic carbocycles. The Balaban J connectivity index is 0.000000267. The van der Waals surface area contributed by atoms with Crippen molar-refractivity contribution in [1.29, 1.82) is 0 Å². The minimum atomic E-state index is 0. The van der Waals surface area contributed by atoms with Crippen LogP contribution in [0.1, 0.15) is 31.2 Å². The molecule has 0 aromatic heterocycles. The summed E-state index contributed by atoms with van der Waals surface area (Å²) in [6, 6.07) is 9.87. The molecule has 0 saturated carbocycles. The number of hydrogen-bond acceptors (Lipinski definition) is 0. The van der Waals surface area contributed by atoms with Crippen LogP contribution in [0.25, 0.3) is 0 Å². The molecule has 0 amide bonds. The zero-order valence-corrected chi connectivity index (χ0v) is 11.7. The Morgan fingerprint density at radius 1 is 1.06 bits per heavy atom. The summed E-state index contributed by atoms with van der Waals surface area (Å²) >= 11 is 0. The Labute approximate surface area is 114 Å². The largest absolute Gasteiger partial charge is 2.00 e. The summed E-state index contributed by atoms with van der Waals surface area (Å²) in [7, 11) is 0. The molecule has 0 heterocycles. The summed E-state index contributed by atoms with van der Waals surface area (Å²) in [4.78, 5) is 0. The number of hydrogen-bond donors (Lipinski definition) is 0. The topological polar surface area (TPSA) is 0 Å². The smallest absolute Gasteiger partial charge is 0.275 e. The molecule has 0 bridgehead atoms. The predicted octanol–water partition coefficient (Wildman–Crippen LogP) is 4.34. The molecular formula is C15H18Pt. The van der Waals surface area contributed by atoms with E-state index in [1.165, 1.54) is 19.3 Å². The van der Waals surface area contributed by atoms with Crippen molar-refractivity contribution >= 4 is 0 Å². The minimum Gasteiger partial charge on any atom is -0.275 e. The Hall–Kier alpha value is -0.742. The quantitative estimate of drug-likeness (QED) is 0.575. The second-order valence-corrected chi connectivity index (χ2v) is 3.53. The molecule has 0 radical (unpaired) electrons. The molecule has 16 heavy (non-hydrogen) atoms. The monoisotopic (exact) mass is 393 g/mol. The Kier molecular flexibility index (Phi) is 10.3. The van der Waals surface area contributed by atoms with Crippen molar-refractivity contribution in [2.75, 3.05) is 0 Å². The summed E-state index contributed by atoms with van der Waals surface area (Å²) in [5.74, 6) is 0. The van der Waals surface area contributed by atoms with E-state index in [4.69, 9.17) is 0 Å². The van der Waals surface area contributed by atoms with Crippen LogP contribution < -0.4 is 0 Å². The van der Waals surface area contributed by atoms with Crippen LogP contribution in [0.3, 0.4) is 0 Å². The maximum Gasteiger partial charge on any atom is 2.00 e. The third-order valence-electron chi connectivity index (χ3n) is 2.13. The van der Waals surface area contributed by atoms with Gasteiger partial charge in [-0.3, -0.25) is 6.08 Å². The molecule has 0 fully saturated rings. The van der Waals surface area contributed by atoms with Crippen molar-refractivity contribution in [3.05, 3.63) is 67.1 Å². The van der Waals surface area contributed by atoms with Gasteiger partial charge in [0, 0.05) is 0 Å². The average molecular weight is 393 g/mol. The van der Waals surface area contributed by atoms with Crippen LogP contribution in [0.15, 0.2) is 48.6 Å². The summed E-state index contributed by atoms with van der Waals surface area (Å²) in [5.41, 5.74) is 1.07. The molecule has 0 atom stereocenters. The Morgan fingerprint density at radius 2 is 1.81 bits per heavy atom. The van der Waals surface area contributed by atoms with Gasteiger partial charge in [0.25, 0.3) is 0 Å². The normalized spacial score (nSPS) is 13.8. The SMILES string of the molecule is [C-]1=CC=CCCCC1.[CH2-]c1ccccc1.[Pt+2]. The fraction of sp³-hybridized carbons (Fsp3) is 0.267. The van der Waals surface area contributed by atoms with Gasteiger partial charge < -0.3 is 0 Å². The molecular weight excluding hydrogens is 375 g/mol. The van der Waals surface area contributed by atoms with Crippen LogP contribution in [0.5, 0.6) is 0 Å². The van der Waals surface area contributed by atoms with Crippen molar-refractivity contribution in [1.82, 2.24) is 0 Å². The van der Waals surface area contributed by atoms with E-state index in [1.54, 1.807) is 0 Å². The van der Waals surface area contributed by atoms with E-state index < -0.39 is 0 Å². The van der Waals surface area contributed by atoms with Crippen molar-refractivity contribution < 1.29 is 21.1 Å². The van der Waals surface area contributed by atoms with Crippen molar-refractivity contribution in [3.8, 4) is 0 Å². The van der Waals surface area contributed by atoms with Crippen LogP contribution in [0.4, 0.5) is 0 Å². The molecule has 1 aromatic rings. The molecule has 1 aliphatic rings. The fourth-order valence-corrected chi connectivity index (χ4v) is 1.28. The molecule has 0 nitrogen and oxygen atoms in total. The van der Waals surface area contributed by atoms with Gasteiger partial charge in [0.2, 0.25) is 0 Å². The summed E-state index contributed by atoms with van der Waals surface area (Å²) in [6.45, 7) is 3.72. The van der Waals surface area contributed by atoms with Gasteiger partial charge in [0.05, 0.1) is 0 Å². The molecule has 2 rings (SSSR count). The first-order valence-electron chi connectivity index (χ1n) is 5.48. The van der Waals surface area contributed by atoms with Crippen LogP contribution in [-0.2, 0) is 21.1 Å². The molecule has 0 N–H and O–H groups in total. The second-order valence-electron chi connectivity index (χ2n) is 3.53. The summed E-state index contributed by atoms with van der Waals surface area (Å²) < 4.78 is 0. The van der Waals surface area contributed by atoms with Gasteiger partial charge in [-0.05, 0) is 0 Å². The van der Waals surface area contributed by atoms with Gasteiger partial charge in [0.1, 0.15) is 0 Å². The van der Waals surface area contributed by atoms with E-state index in [2.05, 4.69) is 25.2 Å². The number of rotatable bonds is 0. The van der Waals surface area contributed by atoms with Gasteiger partial charge in [0.15, 0.2) is 0 Å². The van der Waals surface area contributed by atoms with Gasteiger partial charge >= 0.3 is 21.1 Å². The van der Waals surface area contributed by atoms with Crippen LogP contribution in [0, 0.1) is 13.0 Å². The third-order valence-corrected chi connectivity index (χ3v) is 2.13. The van der Waals surface area contributed by atoms with Gasteiger partial charge in [-0.1, -0.05) is 25.3 Å². The first-order valence-corrected chi connectivity index (χ1v) is 5.48.